The molecule has 1 aromatic rings. The summed E-state index contributed by atoms with van der Waals surface area (Å²) < 4.78 is 11.2. The lowest BCUT2D eigenvalue weighted by molar-refractivity contribution is -0.112. The first-order valence-electron chi connectivity index (χ1n) is 11.9. The van der Waals surface area contributed by atoms with Crippen LogP contribution in [0.15, 0.2) is 41.5 Å². The van der Waals surface area contributed by atoms with E-state index in [2.05, 4.69) is 5.32 Å². The monoisotopic (exact) mass is 488 g/mol. The molecule has 0 saturated heterocycles. The van der Waals surface area contributed by atoms with Gasteiger partial charge in [-0.1, -0.05) is 43.7 Å². The number of methoxy groups -OCH3 is 2. The van der Waals surface area contributed by atoms with E-state index in [1.807, 2.05) is 32.9 Å². The van der Waals surface area contributed by atoms with Crippen molar-refractivity contribution in [3.05, 3.63) is 47.1 Å². The summed E-state index contributed by atoms with van der Waals surface area (Å²) in [6.45, 7) is 7.55. The third-order valence-corrected chi connectivity index (χ3v) is 6.48. The van der Waals surface area contributed by atoms with Crippen molar-refractivity contribution in [3.8, 4) is 11.5 Å². The number of amides is 1. The Bertz CT molecular complexity index is 984. The molecule has 1 amide bonds. The van der Waals surface area contributed by atoms with Crippen LogP contribution in [0.25, 0.3) is 0 Å². The van der Waals surface area contributed by atoms with Crippen LogP contribution in [0.4, 0.5) is 11.4 Å². The quantitative estimate of drug-likeness (QED) is 0.183. The number of fused-ring (bicyclic) bond motifs is 2. The molecule has 35 heavy (non-hydrogen) atoms. The van der Waals surface area contributed by atoms with E-state index in [4.69, 9.17) is 15.2 Å². The van der Waals surface area contributed by atoms with Gasteiger partial charge in [0.1, 0.15) is 11.5 Å². The number of nitrogen functional groups attached to an aromatic ring is 1. The van der Waals surface area contributed by atoms with Crippen LogP contribution in [0.1, 0.15) is 46.1 Å². The molecule has 0 aliphatic carbocycles. The lowest BCUT2D eigenvalue weighted by Crippen LogP contribution is -2.35. The Morgan fingerprint density at radius 3 is 2.43 bits per heavy atom. The maximum Gasteiger partial charge on any atom is 0.251 e. The van der Waals surface area contributed by atoms with E-state index in [0.29, 0.717) is 30.4 Å². The van der Waals surface area contributed by atoms with Crippen molar-refractivity contribution in [1.82, 2.24) is 0 Å². The number of aliphatic hydroxyl groups is 1. The molecule has 2 bridgehead atoms. The fraction of sp³-hybridized carbons (Fsp3) is 0.519. The highest BCUT2D eigenvalue weighted by molar-refractivity contribution is 6.04. The van der Waals surface area contributed by atoms with Gasteiger partial charge in [0.15, 0.2) is 0 Å². The van der Waals surface area contributed by atoms with E-state index in [1.165, 1.54) is 6.07 Å². The van der Waals surface area contributed by atoms with Gasteiger partial charge in [0.2, 0.25) is 0 Å². The number of phenolic OH excluding ortho intramolecular Hbond substituents is 2. The summed E-state index contributed by atoms with van der Waals surface area (Å²) in [5, 5.41) is 34.9. The van der Waals surface area contributed by atoms with Gasteiger partial charge in [-0.05, 0) is 39.0 Å². The molecule has 0 saturated carbocycles. The van der Waals surface area contributed by atoms with Crippen molar-refractivity contribution in [2.75, 3.05) is 25.3 Å². The molecule has 1 aromatic carbocycles. The van der Waals surface area contributed by atoms with Gasteiger partial charge in [-0.2, -0.15) is 0 Å². The number of nitrogens with two attached hydrogens (primary N) is 1. The number of anilines is 2. The van der Waals surface area contributed by atoms with E-state index < -0.39 is 18.1 Å². The molecule has 2 rings (SSSR count). The first-order chi connectivity index (χ1) is 16.5. The number of phenols is 2. The molecular weight excluding hydrogens is 448 g/mol. The number of carbonyl (C=O) groups is 1. The van der Waals surface area contributed by atoms with Crippen LogP contribution in [0.2, 0.25) is 0 Å². The number of hydrogen-bond donors (Lipinski definition) is 5. The Hall–Kier alpha value is -2.81. The lowest BCUT2D eigenvalue weighted by atomic mass is 9.88. The Morgan fingerprint density at radius 2 is 1.80 bits per heavy atom. The second kappa shape index (κ2) is 12.8. The number of benzene rings is 1. The SMILES string of the molecule is CO[C@H]1C[C@H](C)Cc2c(N)c(O)cc(c2O)NC(=O)/C(C)=C/C=C\[C@H](OC)C/C(C)=C/[C@H](C)[C@H]1O. The first-order valence-corrected chi connectivity index (χ1v) is 11.9. The predicted octanol–water partition coefficient (Wildman–Crippen LogP) is 4.07. The Kier molecular flexibility index (Phi) is 10.4. The molecule has 8 nitrogen and oxygen atoms in total. The molecule has 6 N–H and O–H groups in total. The van der Waals surface area contributed by atoms with Crippen molar-refractivity contribution in [1.29, 1.82) is 0 Å². The summed E-state index contributed by atoms with van der Waals surface area (Å²) in [4.78, 5) is 12.7. The maximum atomic E-state index is 12.7. The zero-order chi connectivity index (χ0) is 26.3. The fourth-order valence-corrected chi connectivity index (χ4v) is 4.35. The third kappa shape index (κ3) is 7.59. The summed E-state index contributed by atoms with van der Waals surface area (Å²) in [5.41, 5.74) is 8.01. The number of nitrogens with one attached hydrogen (secondary N) is 1. The smallest absolute Gasteiger partial charge is 0.251 e. The normalized spacial score (nSPS) is 31.1. The fourth-order valence-electron chi connectivity index (χ4n) is 4.35. The highest BCUT2D eigenvalue weighted by atomic mass is 16.5. The van der Waals surface area contributed by atoms with Crippen LogP contribution in [0.5, 0.6) is 11.5 Å². The number of carbonyl (C=O) groups excluding carboxylic acids is 1. The number of aromatic hydroxyl groups is 2. The molecule has 0 radical (unpaired) electrons. The van der Waals surface area contributed by atoms with Gasteiger partial charge in [0.25, 0.3) is 5.91 Å². The van der Waals surface area contributed by atoms with Crippen LogP contribution in [-0.2, 0) is 20.7 Å². The van der Waals surface area contributed by atoms with E-state index in [0.717, 1.165) is 5.57 Å². The Morgan fingerprint density at radius 1 is 1.11 bits per heavy atom. The molecule has 0 spiro atoms. The van der Waals surface area contributed by atoms with Crippen LogP contribution in [0, 0.1) is 11.8 Å². The van der Waals surface area contributed by atoms with E-state index >= 15 is 0 Å². The zero-order valence-corrected chi connectivity index (χ0v) is 21.5. The molecular formula is C27H40N2O6. The lowest BCUT2D eigenvalue weighted by Gasteiger charge is -2.28. The topological polar surface area (TPSA) is 134 Å². The average Bonchev–Trinajstić information content (AvgIpc) is 2.81. The van der Waals surface area contributed by atoms with Gasteiger partial charge in [-0.15, -0.1) is 0 Å². The van der Waals surface area contributed by atoms with Gasteiger partial charge in [-0.3, -0.25) is 4.79 Å². The average molecular weight is 489 g/mol. The van der Waals surface area contributed by atoms with Gasteiger partial charge in [0, 0.05) is 37.3 Å². The van der Waals surface area contributed by atoms with Gasteiger partial charge in [0.05, 0.1) is 29.7 Å². The summed E-state index contributed by atoms with van der Waals surface area (Å²) in [6.07, 6.45) is 7.33. The summed E-state index contributed by atoms with van der Waals surface area (Å²) in [5.74, 6) is -1.06. The summed E-state index contributed by atoms with van der Waals surface area (Å²) >= 11 is 0. The molecule has 1 aliphatic heterocycles. The number of aliphatic hydroxyl groups excluding tert-OH is 1. The van der Waals surface area contributed by atoms with Crippen LogP contribution in [-0.4, -0.2) is 53.8 Å². The number of rotatable bonds is 2. The largest absolute Gasteiger partial charge is 0.506 e. The van der Waals surface area contributed by atoms with Crippen molar-refractivity contribution >= 4 is 17.3 Å². The highest BCUT2D eigenvalue weighted by Gasteiger charge is 2.27. The molecule has 0 fully saturated rings. The van der Waals surface area contributed by atoms with Crippen molar-refractivity contribution in [3.63, 3.8) is 0 Å². The van der Waals surface area contributed by atoms with E-state index in [1.54, 1.807) is 33.3 Å². The molecule has 8 heteroatoms. The van der Waals surface area contributed by atoms with Gasteiger partial charge < -0.3 is 35.8 Å². The minimum Gasteiger partial charge on any atom is -0.506 e. The second-order valence-electron chi connectivity index (χ2n) is 9.53. The van der Waals surface area contributed by atoms with Crippen molar-refractivity contribution < 1.29 is 29.6 Å². The number of allylic oxidation sites excluding steroid dienone is 2. The van der Waals surface area contributed by atoms with E-state index in [-0.39, 0.29) is 40.8 Å². The van der Waals surface area contributed by atoms with Crippen molar-refractivity contribution in [2.45, 2.75) is 65.3 Å². The molecule has 0 unspecified atom stereocenters. The summed E-state index contributed by atoms with van der Waals surface area (Å²) in [7, 11) is 3.18. The minimum absolute atomic E-state index is 0.0560. The maximum absolute atomic E-state index is 12.7. The van der Waals surface area contributed by atoms with Crippen LogP contribution >= 0.6 is 0 Å². The molecule has 194 valence electrons. The number of ether oxygens (including phenoxy) is 2. The van der Waals surface area contributed by atoms with Crippen molar-refractivity contribution in [2.24, 2.45) is 11.8 Å². The van der Waals surface area contributed by atoms with Gasteiger partial charge in [-0.25, -0.2) is 0 Å². The first kappa shape index (κ1) is 28.4. The summed E-state index contributed by atoms with van der Waals surface area (Å²) in [6, 6.07) is 1.24. The second-order valence-corrected chi connectivity index (χ2v) is 9.53. The molecule has 1 heterocycles. The highest BCUT2D eigenvalue weighted by Crippen LogP contribution is 2.40. The Labute approximate surface area is 208 Å². The van der Waals surface area contributed by atoms with Crippen LogP contribution in [0.3, 0.4) is 0 Å². The zero-order valence-electron chi connectivity index (χ0n) is 21.5. The van der Waals surface area contributed by atoms with Crippen LogP contribution < -0.4 is 11.1 Å². The minimum atomic E-state index is -0.744. The standard InChI is InChI=1S/C27H40N2O6/c1-15-10-18(4)25(31)23(35-6)13-16(2)12-20-24(28)22(30)14-21(26(20)32)29-27(33)17(3)8-7-9-19(11-15)34-5/h7-10,14,16,18-19,23,25,30-32H,11-13,28H2,1-6H3,(H,29,33)/b9-7-,15-10+,17-8+/t16-,18+,19+,23+,25-/m1/s1. The number of hydrogen-bond acceptors (Lipinski definition) is 7. The van der Waals surface area contributed by atoms with E-state index in [9.17, 15) is 20.1 Å². The van der Waals surface area contributed by atoms with Gasteiger partial charge >= 0.3 is 0 Å². The molecule has 1 aliphatic rings. The molecule has 0 aromatic heterocycles. The Balaban J connectivity index is 2.51. The third-order valence-electron chi connectivity index (χ3n) is 6.48. The predicted molar refractivity (Wildman–Crippen MR) is 138 cm³/mol. The molecule has 5 atom stereocenters.